The zero-order valence-electron chi connectivity index (χ0n) is 21.2. The highest BCUT2D eigenvalue weighted by Crippen LogP contribution is 2.30. The van der Waals surface area contributed by atoms with Crippen LogP contribution >= 0.6 is 12.6 Å². The maximum absolute atomic E-state index is 12.6. The number of unbranched alkanes of at least 4 members (excludes halogenated alkanes) is 1. The Morgan fingerprint density at radius 2 is 1.78 bits per heavy atom. The van der Waals surface area contributed by atoms with Crippen LogP contribution in [0.3, 0.4) is 0 Å². The summed E-state index contributed by atoms with van der Waals surface area (Å²) in [6, 6.07) is 15.8. The first-order valence-electron chi connectivity index (χ1n) is 12.6. The second-order valence-corrected chi connectivity index (χ2v) is 9.60. The van der Waals surface area contributed by atoms with Crippen molar-refractivity contribution in [1.29, 1.82) is 0 Å². The fourth-order valence-electron chi connectivity index (χ4n) is 4.09. The lowest BCUT2D eigenvalue weighted by atomic mass is 9.95. The molecule has 2 atom stereocenters. The Balaban J connectivity index is 1.76. The normalized spacial score (nSPS) is 12.8. The van der Waals surface area contributed by atoms with Crippen molar-refractivity contribution in [3.63, 3.8) is 0 Å². The van der Waals surface area contributed by atoms with Gasteiger partial charge in [0.05, 0.1) is 6.04 Å². The van der Waals surface area contributed by atoms with E-state index in [-0.39, 0.29) is 29.7 Å². The summed E-state index contributed by atoms with van der Waals surface area (Å²) in [5, 5.41) is 20.6. The lowest BCUT2D eigenvalue weighted by molar-refractivity contribution is -0.125. The Morgan fingerprint density at radius 3 is 2.39 bits per heavy atom. The van der Waals surface area contributed by atoms with Crippen LogP contribution in [-0.4, -0.2) is 44.7 Å². The molecule has 0 aliphatic rings. The number of rotatable bonds is 13. The third-order valence-corrected chi connectivity index (χ3v) is 6.69. The zero-order valence-corrected chi connectivity index (χ0v) is 22.1. The molecule has 3 rings (SSSR count). The predicted molar refractivity (Wildman–Crippen MR) is 145 cm³/mol. The van der Waals surface area contributed by atoms with Crippen molar-refractivity contribution < 1.29 is 9.59 Å². The van der Waals surface area contributed by atoms with Gasteiger partial charge in [-0.3, -0.25) is 9.59 Å². The van der Waals surface area contributed by atoms with Crippen LogP contribution in [0.4, 0.5) is 0 Å². The van der Waals surface area contributed by atoms with Crippen LogP contribution in [0.5, 0.6) is 0 Å². The molecule has 0 bridgehead atoms. The first-order valence-corrected chi connectivity index (χ1v) is 13.2. The highest BCUT2D eigenvalue weighted by atomic mass is 32.1. The standard InChI is InChI=1S/C27H36N6O2S/c1-4-5-10-25(34)29-24(15-16-28-27(35)23(17-36)18(2)3)20-13-11-19(12-14-20)21-8-6-7-9-22(21)26-30-32-33-31-26/h6-9,11-14,18,23-24,36H,4-5,10,15-17H2,1-3H3,(H,28,35)(H,29,34)(H,30,31,32,33). The van der Waals surface area contributed by atoms with Crippen molar-refractivity contribution in [1.82, 2.24) is 31.3 Å². The summed E-state index contributed by atoms with van der Waals surface area (Å²) in [5.74, 6) is 1.15. The first-order chi connectivity index (χ1) is 17.4. The van der Waals surface area contributed by atoms with Crippen LogP contribution in [0, 0.1) is 11.8 Å². The van der Waals surface area contributed by atoms with Crippen LogP contribution in [0.1, 0.15) is 58.1 Å². The minimum Gasteiger partial charge on any atom is -0.356 e. The molecule has 1 heterocycles. The number of nitrogens with zero attached hydrogens (tertiary/aromatic N) is 3. The van der Waals surface area contributed by atoms with E-state index in [0.717, 1.165) is 35.1 Å². The molecule has 9 heteroatoms. The molecule has 2 unspecified atom stereocenters. The van der Waals surface area contributed by atoms with E-state index in [1.165, 1.54) is 0 Å². The number of hydrogen-bond donors (Lipinski definition) is 4. The second kappa shape index (κ2) is 13.8. The third-order valence-electron chi connectivity index (χ3n) is 6.30. The summed E-state index contributed by atoms with van der Waals surface area (Å²) in [6.45, 7) is 6.58. The maximum atomic E-state index is 12.6. The van der Waals surface area contributed by atoms with Gasteiger partial charge in [-0.25, -0.2) is 0 Å². The lowest BCUT2D eigenvalue weighted by Gasteiger charge is -2.22. The fraction of sp³-hybridized carbons (Fsp3) is 0.444. The number of amides is 2. The van der Waals surface area contributed by atoms with Gasteiger partial charge < -0.3 is 10.6 Å². The van der Waals surface area contributed by atoms with Crippen molar-refractivity contribution in [2.75, 3.05) is 12.3 Å². The average molecular weight is 509 g/mol. The molecule has 0 saturated carbocycles. The van der Waals surface area contributed by atoms with Crippen molar-refractivity contribution in [2.24, 2.45) is 11.8 Å². The number of carbonyl (C=O) groups excluding carboxylic acids is 2. The van der Waals surface area contributed by atoms with Gasteiger partial charge in [0.15, 0.2) is 0 Å². The molecule has 0 saturated heterocycles. The zero-order chi connectivity index (χ0) is 25.9. The van der Waals surface area contributed by atoms with E-state index in [9.17, 15) is 9.59 Å². The van der Waals surface area contributed by atoms with Gasteiger partial charge in [0.1, 0.15) is 0 Å². The molecule has 2 aromatic carbocycles. The third kappa shape index (κ3) is 7.40. The Hall–Kier alpha value is -3.20. The molecule has 2 amide bonds. The molecule has 36 heavy (non-hydrogen) atoms. The highest BCUT2D eigenvalue weighted by Gasteiger charge is 2.21. The monoisotopic (exact) mass is 508 g/mol. The molecular formula is C27H36N6O2S. The first kappa shape index (κ1) is 27.4. The van der Waals surface area contributed by atoms with Gasteiger partial charge in [0.2, 0.25) is 17.6 Å². The van der Waals surface area contributed by atoms with Gasteiger partial charge in [0.25, 0.3) is 0 Å². The molecule has 0 fully saturated rings. The van der Waals surface area contributed by atoms with Gasteiger partial charge in [-0.2, -0.15) is 17.8 Å². The topological polar surface area (TPSA) is 113 Å². The van der Waals surface area contributed by atoms with E-state index in [2.05, 4.69) is 50.8 Å². The Bertz CT molecular complexity index is 1100. The summed E-state index contributed by atoms with van der Waals surface area (Å²) < 4.78 is 0. The number of carbonyl (C=O) groups is 2. The molecule has 1 aromatic heterocycles. The van der Waals surface area contributed by atoms with E-state index in [1.807, 2.05) is 62.4 Å². The van der Waals surface area contributed by atoms with E-state index in [0.29, 0.717) is 31.0 Å². The number of nitrogens with one attached hydrogen (secondary N) is 3. The van der Waals surface area contributed by atoms with Crippen molar-refractivity contribution in [2.45, 2.75) is 52.5 Å². The number of benzene rings is 2. The molecule has 0 aliphatic heterocycles. The van der Waals surface area contributed by atoms with Gasteiger partial charge in [0, 0.05) is 30.2 Å². The van der Waals surface area contributed by atoms with Crippen molar-refractivity contribution in [3.8, 4) is 22.5 Å². The van der Waals surface area contributed by atoms with E-state index in [1.54, 1.807) is 0 Å². The SMILES string of the molecule is CCCCC(=O)NC(CCNC(=O)C(CS)C(C)C)c1ccc(-c2ccccc2-c2nn[nH]n2)cc1. The number of aromatic nitrogens is 4. The molecule has 0 spiro atoms. The fourth-order valence-corrected chi connectivity index (χ4v) is 4.68. The van der Waals surface area contributed by atoms with Gasteiger partial charge in [-0.05, 0) is 40.7 Å². The predicted octanol–water partition coefficient (Wildman–Crippen LogP) is 4.59. The summed E-state index contributed by atoms with van der Waals surface area (Å²) >= 11 is 4.33. The van der Waals surface area contributed by atoms with Crippen LogP contribution in [-0.2, 0) is 9.59 Å². The molecule has 3 N–H and O–H groups in total. The second-order valence-electron chi connectivity index (χ2n) is 9.24. The Labute approximate surface area is 218 Å². The van der Waals surface area contributed by atoms with Crippen molar-refractivity contribution in [3.05, 3.63) is 54.1 Å². The minimum atomic E-state index is -0.204. The number of tetrazole rings is 1. The van der Waals surface area contributed by atoms with Gasteiger partial charge >= 0.3 is 0 Å². The number of thiol groups is 1. The lowest BCUT2D eigenvalue weighted by Crippen LogP contribution is -2.37. The highest BCUT2D eigenvalue weighted by molar-refractivity contribution is 7.80. The summed E-state index contributed by atoms with van der Waals surface area (Å²) in [6.07, 6.45) is 2.90. The molecule has 0 aliphatic carbocycles. The van der Waals surface area contributed by atoms with E-state index in [4.69, 9.17) is 0 Å². The summed E-state index contributed by atoms with van der Waals surface area (Å²) in [7, 11) is 0. The quantitative estimate of drug-likeness (QED) is 0.252. The van der Waals surface area contributed by atoms with E-state index < -0.39 is 0 Å². The largest absolute Gasteiger partial charge is 0.356 e. The molecule has 3 aromatic rings. The number of aromatic amines is 1. The Kier molecular flexibility index (Phi) is 10.5. The molecule has 0 radical (unpaired) electrons. The summed E-state index contributed by atoms with van der Waals surface area (Å²) in [4.78, 5) is 25.1. The van der Waals surface area contributed by atoms with Crippen LogP contribution in [0.2, 0.25) is 0 Å². The van der Waals surface area contributed by atoms with Gasteiger partial charge in [-0.15, -0.1) is 10.2 Å². The maximum Gasteiger partial charge on any atom is 0.224 e. The smallest absolute Gasteiger partial charge is 0.224 e. The minimum absolute atomic E-state index is 0.00415. The van der Waals surface area contributed by atoms with Crippen LogP contribution in [0.25, 0.3) is 22.5 Å². The number of hydrogen-bond acceptors (Lipinski definition) is 6. The van der Waals surface area contributed by atoms with Crippen molar-refractivity contribution >= 4 is 24.4 Å². The Morgan fingerprint density at radius 1 is 1.06 bits per heavy atom. The number of H-pyrrole nitrogens is 1. The average Bonchev–Trinajstić information content (AvgIpc) is 3.42. The molecule has 8 nitrogen and oxygen atoms in total. The summed E-state index contributed by atoms with van der Waals surface area (Å²) in [5.41, 5.74) is 3.88. The van der Waals surface area contributed by atoms with Crippen LogP contribution < -0.4 is 10.6 Å². The molecular weight excluding hydrogens is 472 g/mol. The van der Waals surface area contributed by atoms with Gasteiger partial charge in [-0.1, -0.05) is 75.7 Å². The van der Waals surface area contributed by atoms with E-state index >= 15 is 0 Å². The molecule has 192 valence electrons. The van der Waals surface area contributed by atoms with Crippen LogP contribution in [0.15, 0.2) is 48.5 Å².